The minimum Gasteiger partial charge on any atom is -0.466 e. The van der Waals surface area contributed by atoms with Crippen molar-refractivity contribution >= 4 is 24.1 Å². The highest BCUT2D eigenvalue weighted by Crippen LogP contribution is 2.31. The molecular weight excluding hydrogens is 480 g/mol. The van der Waals surface area contributed by atoms with E-state index in [1.165, 1.54) is 0 Å². The largest absolute Gasteiger partial charge is 0.466 e. The molecule has 2 aliphatic rings. The molecule has 0 aliphatic carbocycles. The first-order valence-corrected chi connectivity index (χ1v) is 13.3. The van der Waals surface area contributed by atoms with E-state index in [1.807, 2.05) is 48.5 Å². The standard InChI is InChI=1S/C14H25NO4.C13H23NO4/c1-6-18-11(16)14(5)8-7-9-15(10-14)12(17)19-13(2,3)4;1-5-17-11(15)10-7-6-8-14(9-10)12(16)18-13(2,3)4/h6-10H2,1-5H3;10H,5-9H2,1-4H3. The molecule has 0 aromatic carbocycles. The fourth-order valence-electron chi connectivity index (χ4n) is 4.12. The molecule has 0 bridgehead atoms. The maximum absolute atomic E-state index is 12.0. The van der Waals surface area contributed by atoms with Gasteiger partial charge in [0.2, 0.25) is 0 Å². The van der Waals surface area contributed by atoms with Gasteiger partial charge in [-0.2, -0.15) is 0 Å². The number of carbonyl (C=O) groups excluding carboxylic acids is 4. The van der Waals surface area contributed by atoms with Gasteiger partial charge >= 0.3 is 24.1 Å². The molecule has 0 aromatic heterocycles. The first-order chi connectivity index (χ1) is 17.0. The molecule has 2 fully saturated rings. The molecule has 2 atom stereocenters. The molecule has 214 valence electrons. The van der Waals surface area contributed by atoms with E-state index < -0.39 is 16.6 Å². The summed E-state index contributed by atoms with van der Waals surface area (Å²) in [4.78, 5) is 50.7. The summed E-state index contributed by atoms with van der Waals surface area (Å²) in [6.07, 6.45) is 2.40. The normalized spacial score (nSPS) is 22.2. The van der Waals surface area contributed by atoms with Crippen molar-refractivity contribution < 1.29 is 38.1 Å². The molecule has 0 aromatic rings. The van der Waals surface area contributed by atoms with Crippen LogP contribution in [-0.2, 0) is 28.5 Å². The Hall–Kier alpha value is -2.52. The summed E-state index contributed by atoms with van der Waals surface area (Å²) in [6.45, 7) is 19.2. The fourth-order valence-corrected chi connectivity index (χ4v) is 4.12. The minimum atomic E-state index is -0.620. The topological polar surface area (TPSA) is 112 Å². The summed E-state index contributed by atoms with van der Waals surface area (Å²) >= 11 is 0. The lowest BCUT2D eigenvalue weighted by molar-refractivity contribution is -0.157. The lowest BCUT2D eigenvalue weighted by atomic mass is 9.82. The van der Waals surface area contributed by atoms with Crippen molar-refractivity contribution in [2.75, 3.05) is 39.4 Å². The number of carbonyl (C=O) groups is 4. The van der Waals surface area contributed by atoms with Crippen LogP contribution >= 0.6 is 0 Å². The maximum Gasteiger partial charge on any atom is 0.410 e. The predicted octanol–water partition coefficient (Wildman–Crippen LogP) is 4.78. The number of piperidine rings is 2. The zero-order valence-corrected chi connectivity index (χ0v) is 24.3. The lowest BCUT2D eigenvalue weighted by Crippen LogP contribution is -2.50. The van der Waals surface area contributed by atoms with E-state index in [2.05, 4.69) is 0 Å². The van der Waals surface area contributed by atoms with Crippen molar-refractivity contribution in [3.8, 4) is 0 Å². The van der Waals surface area contributed by atoms with Crippen molar-refractivity contribution in [2.24, 2.45) is 11.3 Å². The van der Waals surface area contributed by atoms with Crippen LogP contribution in [0, 0.1) is 11.3 Å². The average molecular weight is 529 g/mol. The summed E-state index contributed by atoms with van der Waals surface area (Å²) < 4.78 is 20.7. The summed E-state index contributed by atoms with van der Waals surface area (Å²) in [5.74, 6) is -0.666. The Morgan fingerprint density at radius 1 is 0.811 bits per heavy atom. The lowest BCUT2D eigenvalue weighted by Gasteiger charge is -2.38. The molecule has 2 heterocycles. The van der Waals surface area contributed by atoms with Gasteiger partial charge in [-0.15, -0.1) is 0 Å². The molecule has 0 saturated carbocycles. The zero-order valence-electron chi connectivity index (χ0n) is 24.3. The minimum absolute atomic E-state index is 0.216. The van der Waals surface area contributed by atoms with E-state index in [9.17, 15) is 19.2 Å². The van der Waals surface area contributed by atoms with Gasteiger partial charge in [-0.25, -0.2) is 9.59 Å². The van der Waals surface area contributed by atoms with Gasteiger partial charge in [-0.1, -0.05) is 0 Å². The number of likely N-dealkylation sites (tertiary alicyclic amines) is 2. The molecule has 2 saturated heterocycles. The molecule has 10 heteroatoms. The Morgan fingerprint density at radius 2 is 1.32 bits per heavy atom. The van der Waals surface area contributed by atoms with Gasteiger partial charge in [0.25, 0.3) is 0 Å². The SMILES string of the molecule is CCOC(=O)C1(C)CCCN(C(=O)OC(C)(C)C)C1.CCOC(=O)C1CCCN(C(=O)OC(C)(C)C)C1. The third kappa shape index (κ3) is 11.6. The van der Waals surface area contributed by atoms with Crippen LogP contribution in [0.5, 0.6) is 0 Å². The van der Waals surface area contributed by atoms with Crippen LogP contribution in [0.25, 0.3) is 0 Å². The van der Waals surface area contributed by atoms with Gasteiger partial charge < -0.3 is 28.7 Å². The number of esters is 2. The van der Waals surface area contributed by atoms with Gasteiger partial charge in [0.1, 0.15) is 11.2 Å². The monoisotopic (exact) mass is 528 g/mol. The van der Waals surface area contributed by atoms with Crippen LogP contribution < -0.4 is 0 Å². The van der Waals surface area contributed by atoms with Crippen LogP contribution in [0.2, 0.25) is 0 Å². The van der Waals surface area contributed by atoms with E-state index in [0.29, 0.717) is 39.4 Å². The van der Waals surface area contributed by atoms with E-state index in [-0.39, 0.29) is 30.0 Å². The van der Waals surface area contributed by atoms with Crippen molar-refractivity contribution in [2.45, 2.75) is 99.2 Å². The quantitative estimate of drug-likeness (QED) is 0.378. The second-order valence-electron chi connectivity index (χ2n) is 11.8. The van der Waals surface area contributed by atoms with Crippen molar-refractivity contribution in [1.82, 2.24) is 9.80 Å². The molecule has 2 unspecified atom stereocenters. The zero-order chi connectivity index (χ0) is 28.4. The highest BCUT2D eigenvalue weighted by Gasteiger charge is 2.41. The van der Waals surface area contributed by atoms with Crippen molar-refractivity contribution in [3.63, 3.8) is 0 Å². The molecular formula is C27H48N2O8. The molecule has 0 spiro atoms. The molecule has 2 aliphatic heterocycles. The summed E-state index contributed by atoms with van der Waals surface area (Å²) in [7, 11) is 0. The molecule has 2 rings (SSSR count). The van der Waals surface area contributed by atoms with E-state index >= 15 is 0 Å². The van der Waals surface area contributed by atoms with Gasteiger partial charge in [0.15, 0.2) is 0 Å². The fraction of sp³-hybridized carbons (Fsp3) is 0.852. The highest BCUT2D eigenvalue weighted by atomic mass is 16.6. The average Bonchev–Trinajstić information content (AvgIpc) is 2.78. The van der Waals surface area contributed by atoms with Crippen LogP contribution in [0.15, 0.2) is 0 Å². The molecule has 10 nitrogen and oxygen atoms in total. The van der Waals surface area contributed by atoms with Gasteiger partial charge in [-0.05, 0) is 88.0 Å². The van der Waals surface area contributed by atoms with E-state index in [4.69, 9.17) is 18.9 Å². The van der Waals surface area contributed by atoms with Crippen LogP contribution in [-0.4, -0.2) is 84.5 Å². The number of hydrogen-bond acceptors (Lipinski definition) is 8. The summed E-state index contributed by atoms with van der Waals surface area (Å²) in [5.41, 5.74) is -1.64. The number of rotatable bonds is 4. The van der Waals surface area contributed by atoms with Crippen LogP contribution in [0.3, 0.4) is 0 Å². The van der Waals surface area contributed by atoms with Crippen LogP contribution in [0.4, 0.5) is 9.59 Å². The Morgan fingerprint density at radius 3 is 1.84 bits per heavy atom. The number of hydrogen-bond donors (Lipinski definition) is 0. The highest BCUT2D eigenvalue weighted by molar-refractivity contribution is 5.78. The van der Waals surface area contributed by atoms with Gasteiger partial charge in [-0.3, -0.25) is 9.59 Å². The first kappa shape index (κ1) is 32.5. The van der Waals surface area contributed by atoms with Gasteiger partial charge in [0.05, 0.1) is 24.5 Å². The van der Waals surface area contributed by atoms with E-state index in [1.54, 1.807) is 23.6 Å². The maximum atomic E-state index is 12.0. The molecule has 2 amide bonds. The second kappa shape index (κ2) is 13.9. The Bertz CT molecular complexity index is 786. The van der Waals surface area contributed by atoms with Crippen molar-refractivity contribution in [3.05, 3.63) is 0 Å². The molecule has 0 N–H and O–H groups in total. The van der Waals surface area contributed by atoms with Crippen molar-refractivity contribution in [1.29, 1.82) is 0 Å². The van der Waals surface area contributed by atoms with Crippen LogP contribution in [0.1, 0.15) is 88.0 Å². The third-order valence-electron chi connectivity index (χ3n) is 5.81. The molecule has 37 heavy (non-hydrogen) atoms. The number of ether oxygens (including phenoxy) is 4. The Labute approximate surface area is 222 Å². The predicted molar refractivity (Wildman–Crippen MR) is 139 cm³/mol. The third-order valence-corrected chi connectivity index (χ3v) is 5.81. The smallest absolute Gasteiger partial charge is 0.410 e. The van der Waals surface area contributed by atoms with E-state index in [0.717, 1.165) is 25.7 Å². The van der Waals surface area contributed by atoms with Gasteiger partial charge in [0, 0.05) is 26.2 Å². The number of amides is 2. The second-order valence-corrected chi connectivity index (χ2v) is 11.8. The number of nitrogens with zero attached hydrogens (tertiary/aromatic N) is 2. The summed E-state index contributed by atoms with van der Waals surface area (Å²) in [5, 5.41) is 0. The Balaban J connectivity index is 0.000000371. The first-order valence-electron chi connectivity index (χ1n) is 13.3. The summed E-state index contributed by atoms with van der Waals surface area (Å²) in [6, 6.07) is 0. The molecule has 0 radical (unpaired) electrons. The Kier molecular flexibility index (Phi) is 12.2.